The van der Waals surface area contributed by atoms with Crippen molar-refractivity contribution in [1.29, 1.82) is 0 Å². The summed E-state index contributed by atoms with van der Waals surface area (Å²) in [6, 6.07) is 0. The molecule has 0 fully saturated rings. The first-order chi connectivity index (χ1) is 38.0. The average molecular weight is 1080 g/mol. The fourth-order valence-corrected chi connectivity index (χ4v) is 10.5. The smallest absolute Gasteiger partial charge is 0.306 e. The van der Waals surface area contributed by atoms with E-state index in [0.29, 0.717) is 19.3 Å². The molecule has 0 spiro atoms. The first-order valence-electron chi connectivity index (χ1n) is 34.5. The van der Waals surface area contributed by atoms with Crippen LogP contribution in [-0.2, 0) is 28.6 Å². The van der Waals surface area contributed by atoms with Gasteiger partial charge in [-0.15, -0.1) is 0 Å². The summed E-state index contributed by atoms with van der Waals surface area (Å²) >= 11 is 0. The van der Waals surface area contributed by atoms with Gasteiger partial charge in [0.25, 0.3) is 0 Å². The zero-order chi connectivity index (χ0) is 55.7. The van der Waals surface area contributed by atoms with Crippen LogP contribution in [0.5, 0.6) is 0 Å². The van der Waals surface area contributed by atoms with Crippen molar-refractivity contribution in [3.05, 3.63) is 36.5 Å². The van der Waals surface area contributed by atoms with E-state index < -0.39 is 6.10 Å². The van der Waals surface area contributed by atoms with Crippen molar-refractivity contribution in [3.63, 3.8) is 0 Å². The molecule has 0 aromatic heterocycles. The van der Waals surface area contributed by atoms with Crippen LogP contribution in [0.15, 0.2) is 36.5 Å². The molecule has 0 radical (unpaired) electrons. The maximum atomic E-state index is 12.9. The lowest BCUT2D eigenvalue weighted by Gasteiger charge is -2.18. The number of carbonyl (C=O) groups is 3. The first kappa shape index (κ1) is 74.6. The Morgan fingerprint density at radius 1 is 0.260 bits per heavy atom. The largest absolute Gasteiger partial charge is 0.462 e. The number of allylic oxidation sites excluding steroid dienone is 6. The Morgan fingerprint density at radius 2 is 0.468 bits per heavy atom. The Balaban J connectivity index is 4.11. The third-order valence-corrected chi connectivity index (χ3v) is 15.6. The molecule has 0 bridgehead atoms. The third kappa shape index (κ3) is 64.3. The zero-order valence-corrected chi connectivity index (χ0v) is 52.0. The van der Waals surface area contributed by atoms with E-state index in [-0.39, 0.29) is 31.1 Å². The highest BCUT2D eigenvalue weighted by Crippen LogP contribution is 2.18. The third-order valence-electron chi connectivity index (χ3n) is 15.6. The SMILES string of the molecule is CCCCC/C=C\C/C=C\C/C=C\CCCCCCCCC(=O)OC(COC(=O)CCCCCCCCCCCC)COC(=O)CCCCCCCCCCCCCCCCCCCCCCCCCCCCCCCC. The Morgan fingerprint density at radius 3 is 0.753 bits per heavy atom. The van der Waals surface area contributed by atoms with Gasteiger partial charge in [0.1, 0.15) is 13.2 Å². The van der Waals surface area contributed by atoms with E-state index in [2.05, 4.69) is 57.2 Å². The van der Waals surface area contributed by atoms with Gasteiger partial charge in [-0.25, -0.2) is 0 Å². The molecular formula is C71H132O6. The van der Waals surface area contributed by atoms with E-state index in [1.54, 1.807) is 0 Å². The molecule has 0 aliphatic carbocycles. The van der Waals surface area contributed by atoms with E-state index in [1.807, 2.05) is 0 Å². The Bertz CT molecular complexity index is 1290. The average Bonchev–Trinajstić information content (AvgIpc) is 3.43. The molecule has 0 saturated heterocycles. The summed E-state index contributed by atoms with van der Waals surface area (Å²) in [6.07, 6.45) is 81.9. The van der Waals surface area contributed by atoms with Crippen LogP contribution >= 0.6 is 0 Å². The number of ether oxygens (including phenoxy) is 3. The molecule has 0 aliphatic rings. The highest BCUT2D eigenvalue weighted by molar-refractivity contribution is 5.71. The summed E-state index contributed by atoms with van der Waals surface area (Å²) in [7, 11) is 0. The molecule has 0 saturated carbocycles. The minimum Gasteiger partial charge on any atom is -0.462 e. The van der Waals surface area contributed by atoms with E-state index in [0.717, 1.165) is 77.0 Å². The molecule has 0 N–H and O–H groups in total. The minimum absolute atomic E-state index is 0.0725. The Kier molecular flexibility index (Phi) is 64.1. The highest BCUT2D eigenvalue weighted by Gasteiger charge is 2.19. The van der Waals surface area contributed by atoms with Crippen molar-refractivity contribution < 1.29 is 28.6 Å². The molecule has 0 rings (SSSR count). The standard InChI is InChI=1S/C71H132O6/c1-4-7-10-13-16-19-22-24-26-28-30-31-32-33-34-35-36-37-38-39-40-42-43-45-47-49-52-55-58-61-64-70(73)76-67-68(66-75-69(72)63-60-57-54-51-21-18-15-12-9-6-3)77-71(74)65-62-59-56-53-50-48-46-44-41-29-27-25-23-20-17-14-11-8-5-2/h17,20,25,27,41,44,68H,4-16,18-19,21-24,26,28-40,42-43,45-67H2,1-3H3/b20-17-,27-25-,44-41-. The maximum absolute atomic E-state index is 12.9. The predicted molar refractivity (Wildman–Crippen MR) is 335 cm³/mol. The van der Waals surface area contributed by atoms with Gasteiger partial charge < -0.3 is 14.2 Å². The number of unbranched alkanes of at least 4 members (excludes halogenated alkanes) is 47. The normalized spacial score (nSPS) is 12.2. The van der Waals surface area contributed by atoms with Crippen molar-refractivity contribution in [2.24, 2.45) is 0 Å². The Hall–Kier alpha value is -2.37. The molecule has 77 heavy (non-hydrogen) atoms. The van der Waals surface area contributed by atoms with Crippen LogP contribution in [0, 0.1) is 0 Å². The number of carbonyl (C=O) groups excluding carboxylic acids is 3. The van der Waals surface area contributed by atoms with Crippen LogP contribution in [0.1, 0.15) is 380 Å². The molecule has 0 amide bonds. The fraction of sp³-hybridized carbons (Fsp3) is 0.873. The minimum atomic E-state index is -0.776. The Labute approximate surface area is 480 Å². The van der Waals surface area contributed by atoms with Crippen molar-refractivity contribution in [1.82, 2.24) is 0 Å². The van der Waals surface area contributed by atoms with Crippen molar-refractivity contribution >= 4 is 17.9 Å². The molecular weight excluding hydrogens is 949 g/mol. The van der Waals surface area contributed by atoms with Gasteiger partial charge in [-0.05, 0) is 57.8 Å². The van der Waals surface area contributed by atoms with Crippen LogP contribution in [-0.4, -0.2) is 37.2 Å². The zero-order valence-electron chi connectivity index (χ0n) is 52.0. The van der Waals surface area contributed by atoms with Gasteiger partial charge in [0.15, 0.2) is 6.10 Å². The first-order valence-corrected chi connectivity index (χ1v) is 34.5. The van der Waals surface area contributed by atoms with Gasteiger partial charge in [-0.2, -0.15) is 0 Å². The van der Waals surface area contributed by atoms with Crippen LogP contribution < -0.4 is 0 Å². The second-order valence-electron chi connectivity index (χ2n) is 23.5. The van der Waals surface area contributed by atoms with Crippen LogP contribution in [0.3, 0.4) is 0 Å². The topological polar surface area (TPSA) is 78.9 Å². The molecule has 6 heteroatoms. The number of hydrogen-bond acceptors (Lipinski definition) is 6. The van der Waals surface area contributed by atoms with E-state index >= 15 is 0 Å². The number of rotatable bonds is 64. The van der Waals surface area contributed by atoms with E-state index in [9.17, 15) is 14.4 Å². The summed E-state index contributed by atoms with van der Waals surface area (Å²) in [5.74, 6) is -0.862. The van der Waals surface area contributed by atoms with Gasteiger partial charge in [0.05, 0.1) is 0 Å². The lowest BCUT2D eigenvalue weighted by Crippen LogP contribution is -2.30. The lowest BCUT2D eigenvalue weighted by atomic mass is 10.0. The number of hydrogen-bond donors (Lipinski definition) is 0. The molecule has 6 nitrogen and oxygen atoms in total. The van der Waals surface area contributed by atoms with Gasteiger partial charge in [0.2, 0.25) is 0 Å². The summed E-state index contributed by atoms with van der Waals surface area (Å²) in [5, 5.41) is 0. The maximum Gasteiger partial charge on any atom is 0.306 e. The summed E-state index contributed by atoms with van der Waals surface area (Å²) in [4.78, 5) is 38.3. The molecule has 452 valence electrons. The van der Waals surface area contributed by atoms with E-state index in [1.165, 1.54) is 263 Å². The lowest BCUT2D eigenvalue weighted by molar-refractivity contribution is -0.167. The predicted octanol–water partition coefficient (Wildman–Crippen LogP) is 23.6. The van der Waals surface area contributed by atoms with Crippen molar-refractivity contribution in [3.8, 4) is 0 Å². The van der Waals surface area contributed by atoms with Gasteiger partial charge in [0, 0.05) is 19.3 Å². The van der Waals surface area contributed by atoms with Crippen LogP contribution in [0.2, 0.25) is 0 Å². The molecule has 0 aromatic rings. The monoisotopic (exact) mass is 1080 g/mol. The second-order valence-corrected chi connectivity index (χ2v) is 23.5. The molecule has 0 aliphatic heterocycles. The summed E-state index contributed by atoms with van der Waals surface area (Å²) in [6.45, 7) is 6.65. The number of esters is 3. The second kappa shape index (κ2) is 66.1. The highest BCUT2D eigenvalue weighted by atomic mass is 16.6. The summed E-state index contributed by atoms with van der Waals surface area (Å²) < 4.78 is 16.9. The fourth-order valence-electron chi connectivity index (χ4n) is 10.5. The van der Waals surface area contributed by atoms with Crippen molar-refractivity contribution in [2.45, 2.75) is 386 Å². The van der Waals surface area contributed by atoms with Gasteiger partial charge in [-0.3, -0.25) is 14.4 Å². The molecule has 0 aromatic carbocycles. The summed E-state index contributed by atoms with van der Waals surface area (Å²) in [5.41, 5.74) is 0. The van der Waals surface area contributed by atoms with Crippen molar-refractivity contribution in [2.75, 3.05) is 13.2 Å². The van der Waals surface area contributed by atoms with Gasteiger partial charge in [-0.1, -0.05) is 340 Å². The van der Waals surface area contributed by atoms with Gasteiger partial charge >= 0.3 is 17.9 Å². The van der Waals surface area contributed by atoms with E-state index in [4.69, 9.17) is 14.2 Å². The quantitative estimate of drug-likeness (QED) is 0.0261. The van der Waals surface area contributed by atoms with Crippen LogP contribution in [0.25, 0.3) is 0 Å². The van der Waals surface area contributed by atoms with Crippen LogP contribution in [0.4, 0.5) is 0 Å². The molecule has 1 atom stereocenters. The molecule has 1 unspecified atom stereocenters. The molecule has 0 heterocycles.